The van der Waals surface area contributed by atoms with Gasteiger partial charge in [0.05, 0.1) is 7.11 Å². The fourth-order valence-corrected chi connectivity index (χ4v) is 1.68. The van der Waals surface area contributed by atoms with E-state index < -0.39 is 0 Å². The molecule has 0 fully saturated rings. The summed E-state index contributed by atoms with van der Waals surface area (Å²) in [6.07, 6.45) is 1.13. The van der Waals surface area contributed by atoms with Crippen LogP contribution < -0.4 is 14.8 Å². The maximum atomic E-state index is 5.86. The molecule has 1 aromatic rings. The molecule has 0 spiro atoms. The third-order valence-electron chi connectivity index (χ3n) is 2.81. The van der Waals surface area contributed by atoms with E-state index in [2.05, 4.69) is 23.2 Å². The molecular formula is C15H26N2O2. The van der Waals surface area contributed by atoms with Gasteiger partial charge < -0.3 is 19.7 Å². The van der Waals surface area contributed by atoms with Gasteiger partial charge in [-0.2, -0.15) is 0 Å². The van der Waals surface area contributed by atoms with Crippen molar-refractivity contribution in [2.75, 3.05) is 40.9 Å². The molecule has 108 valence electrons. The van der Waals surface area contributed by atoms with E-state index in [0.717, 1.165) is 37.6 Å². The molecule has 0 aromatic heterocycles. The fourth-order valence-electron chi connectivity index (χ4n) is 1.68. The lowest BCUT2D eigenvalue weighted by Crippen LogP contribution is -2.20. The first-order valence-electron chi connectivity index (χ1n) is 6.82. The number of hydrogen-bond donors (Lipinski definition) is 1. The molecule has 0 saturated heterocycles. The van der Waals surface area contributed by atoms with Crippen LogP contribution in [0.15, 0.2) is 18.2 Å². The molecule has 1 aromatic carbocycles. The number of nitrogens with one attached hydrogen (secondary N) is 1. The Morgan fingerprint density at radius 2 is 2.05 bits per heavy atom. The summed E-state index contributed by atoms with van der Waals surface area (Å²) in [5, 5.41) is 3.40. The number of rotatable bonds is 9. The molecule has 1 rings (SSSR count). The molecule has 4 nitrogen and oxygen atoms in total. The van der Waals surface area contributed by atoms with Gasteiger partial charge >= 0.3 is 0 Å². The Bertz CT molecular complexity index is 367. The van der Waals surface area contributed by atoms with Gasteiger partial charge in [0.15, 0.2) is 0 Å². The van der Waals surface area contributed by atoms with Crippen LogP contribution in [0.5, 0.6) is 11.5 Å². The van der Waals surface area contributed by atoms with Gasteiger partial charge in [-0.05, 0) is 33.1 Å². The summed E-state index contributed by atoms with van der Waals surface area (Å²) in [6.45, 7) is 5.59. The van der Waals surface area contributed by atoms with Gasteiger partial charge in [0.1, 0.15) is 18.1 Å². The van der Waals surface area contributed by atoms with Crippen LogP contribution in [-0.4, -0.2) is 45.8 Å². The van der Waals surface area contributed by atoms with Gasteiger partial charge in [0.25, 0.3) is 0 Å². The second-order valence-corrected chi connectivity index (χ2v) is 4.80. The molecule has 1 N–H and O–H groups in total. The van der Waals surface area contributed by atoms with Crippen molar-refractivity contribution in [3.8, 4) is 11.5 Å². The minimum atomic E-state index is 0.681. The van der Waals surface area contributed by atoms with Crippen LogP contribution in [-0.2, 0) is 6.54 Å². The van der Waals surface area contributed by atoms with E-state index in [-0.39, 0.29) is 0 Å². The monoisotopic (exact) mass is 266 g/mol. The van der Waals surface area contributed by atoms with Crippen LogP contribution in [0.3, 0.4) is 0 Å². The maximum Gasteiger partial charge on any atom is 0.127 e. The smallest absolute Gasteiger partial charge is 0.127 e. The van der Waals surface area contributed by atoms with Crippen LogP contribution in [0.25, 0.3) is 0 Å². The van der Waals surface area contributed by atoms with Crippen molar-refractivity contribution in [3.63, 3.8) is 0 Å². The van der Waals surface area contributed by atoms with E-state index in [1.54, 1.807) is 7.11 Å². The zero-order chi connectivity index (χ0) is 14.1. The lowest BCUT2D eigenvalue weighted by molar-refractivity contribution is 0.258. The first kappa shape index (κ1) is 15.8. The van der Waals surface area contributed by atoms with Crippen LogP contribution in [0, 0.1) is 0 Å². The molecule has 0 aliphatic heterocycles. The van der Waals surface area contributed by atoms with Crippen LogP contribution in [0.2, 0.25) is 0 Å². The molecule has 0 unspecified atom stereocenters. The molecule has 0 aliphatic rings. The number of nitrogens with zero attached hydrogens (tertiary/aromatic N) is 1. The lowest BCUT2D eigenvalue weighted by atomic mass is 10.2. The first-order chi connectivity index (χ1) is 9.17. The van der Waals surface area contributed by atoms with E-state index >= 15 is 0 Å². The van der Waals surface area contributed by atoms with Crippen molar-refractivity contribution in [1.82, 2.24) is 10.2 Å². The summed E-state index contributed by atoms with van der Waals surface area (Å²) in [5.41, 5.74) is 1.17. The molecule has 4 heteroatoms. The highest BCUT2D eigenvalue weighted by Crippen LogP contribution is 2.24. The van der Waals surface area contributed by atoms with Crippen LogP contribution >= 0.6 is 0 Å². The standard InChI is InChI=1S/C15H26N2O2/c1-5-8-16-12-13-6-7-14(18-4)11-15(13)19-10-9-17(2)3/h6-7,11,16H,5,8-10,12H2,1-4H3. The Kier molecular flexibility index (Phi) is 7.30. The Morgan fingerprint density at radius 3 is 2.68 bits per heavy atom. The number of benzene rings is 1. The zero-order valence-electron chi connectivity index (χ0n) is 12.5. The summed E-state index contributed by atoms with van der Waals surface area (Å²) in [4.78, 5) is 2.11. The lowest BCUT2D eigenvalue weighted by Gasteiger charge is -2.15. The quantitative estimate of drug-likeness (QED) is 0.694. The minimum Gasteiger partial charge on any atom is -0.497 e. The highest BCUT2D eigenvalue weighted by atomic mass is 16.5. The SMILES string of the molecule is CCCNCc1ccc(OC)cc1OCCN(C)C. The molecule has 0 bridgehead atoms. The first-order valence-corrected chi connectivity index (χ1v) is 6.82. The largest absolute Gasteiger partial charge is 0.497 e. The summed E-state index contributed by atoms with van der Waals surface area (Å²) >= 11 is 0. The van der Waals surface area contributed by atoms with Crippen molar-refractivity contribution in [2.24, 2.45) is 0 Å². The zero-order valence-corrected chi connectivity index (χ0v) is 12.5. The van der Waals surface area contributed by atoms with Gasteiger partial charge in [-0.3, -0.25) is 0 Å². The fraction of sp³-hybridized carbons (Fsp3) is 0.600. The predicted molar refractivity (Wildman–Crippen MR) is 79.0 cm³/mol. The molecule has 0 saturated carbocycles. The number of ether oxygens (including phenoxy) is 2. The Morgan fingerprint density at radius 1 is 1.26 bits per heavy atom. The third kappa shape index (κ3) is 5.94. The van der Waals surface area contributed by atoms with E-state index in [4.69, 9.17) is 9.47 Å². The molecular weight excluding hydrogens is 240 g/mol. The van der Waals surface area contributed by atoms with Crippen molar-refractivity contribution >= 4 is 0 Å². The Balaban J connectivity index is 2.65. The minimum absolute atomic E-state index is 0.681. The molecule has 0 atom stereocenters. The molecule has 0 amide bonds. The predicted octanol–water partition coefficient (Wildman–Crippen LogP) is 2.14. The van der Waals surface area contributed by atoms with E-state index in [9.17, 15) is 0 Å². The third-order valence-corrected chi connectivity index (χ3v) is 2.81. The highest BCUT2D eigenvalue weighted by Gasteiger charge is 2.06. The van der Waals surface area contributed by atoms with Gasteiger partial charge in [-0.25, -0.2) is 0 Å². The van der Waals surface area contributed by atoms with Gasteiger partial charge in [0, 0.05) is 24.7 Å². The second-order valence-electron chi connectivity index (χ2n) is 4.80. The van der Waals surface area contributed by atoms with Crippen LogP contribution in [0.4, 0.5) is 0 Å². The molecule has 19 heavy (non-hydrogen) atoms. The van der Waals surface area contributed by atoms with E-state index in [1.165, 1.54) is 5.56 Å². The molecule has 0 radical (unpaired) electrons. The number of methoxy groups -OCH3 is 1. The number of hydrogen-bond acceptors (Lipinski definition) is 4. The average molecular weight is 266 g/mol. The van der Waals surface area contributed by atoms with Crippen LogP contribution in [0.1, 0.15) is 18.9 Å². The summed E-state index contributed by atoms with van der Waals surface area (Å²) in [7, 11) is 5.76. The summed E-state index contributed by atoms with van der Waals surface area (Å²) in [6, 6.07) is 5.99. The highest BCUT2D eigenvalue weighted by molar-refractivity contribution is 5.40. The summed E-state index contributed by atoms with van der Waals surface area (Å²) in [5.74, 6) is 1.74. The van der Waals surface area contributed by atoms with Crippen molar-refractivity contribution < 1.29 is 9.47 Å². The van der Waals surface area contributed by atoms with Gasteiger partial charge in [0.2, 0.25) is 0 Å². The Labute approximate surface area is 116 Å². The van der Waals surface area contributed by atoms with E-state index in [0.29, 0.717) is 6.61 Å². The second kappa shape index (κ2) is 8.77. The topological polar surface area (TPSA) is 33.7 Å². The van der Waals surface area contributed by atoms with Crippen molar-refractivity contribution in [1.29, 1.82) is 0 Å². The van der Waals surface area contributed by atoms with Crippen molar-refractivity contribution in [2.45, 2.75) is 19.9 Å². The number of likely N-dealkylation sites (N-methyl/N-ethyl adjacent to an activating group) is 1. The normalized spacial score (nSPS) is 10.8. The average Bonchev–Trinajstić information content (AvgIpc) is 2.40. The maximum absolute atomic E-state index is 5.86. The van der Waals surface area contributed by atoms with Gasteiger partial charge in [-0.1, -0.05) is 13.0 Å². The van der Waals surface area contributed by atoms with Gasteiger partial charge in [-0.15, -0.1) is 0 Å². The Hall–Kier alpha value is -1.26. The summed E-state index contributed by atoms with van der Waals surface area (Å²) < 4.78 is 11.1. The molecule has 0 aliphatic carbocycles. The molecule has 0 heterocycles. The van der Waals surface area contributed by atoms with Crippen molar-refractivity contribution in [3.05, 3.63) is 23.8 Å². The van der Waals surface area contributed by atoms with E-state index in [1.807, 2.05) is 26.2 Å².